The molecule has 0 aromatic carbocycles. The largest absolute Gasteiger partial charge is 0.0754 e. The van der Waals surface area contributed by atoms with E-state index in [4.69, 9.17) is 0 Å². The molecule has 2 aliphatic carbocycles. The predicted octanol–water partition coefficient (Wildman–Crippen LogP) is 2.39. The van der Waals surface area contributed by atoms with Crippen molar-refractivity contribution in [2.75, 3.05) is 0 Å². The molecule has 0 saturated heterocycles. The highest BCUT2D eigenvalue weighted by molar-refractivity contribution is 5.52. The average Bonchev–Trinajstić information content (AvgIpc) is 2.86. The molecule has 0 N–H and O–H groups in total. The van der Waals surface area contributed by atoms with Crippen molar-refractivity contribution < 1.29 is 0 Å². The highest BCUT2D eigenvalue weighted by Crippen LogP contribution is 2.06. The van der Waals surface area contributed by atoms with E-state index in [0.29, 0.717) is 0 Å². The lowest BCUT2D eigenvalue weighted by Crippen LogP contribution is -1.66. The fraction of sp³-hybridized carbons (Fsp3) is 0. The molecule has 2 rings (SSSR count). The molecule has 14 heavy (non-hydrogen) atoms. The van der Waals surface area contributed by atoms with Crippen LogP contribution in [0.15, 0.2) is 47.6 Å². The van der Waals surface area contributed by atoms with Gasteiger partial charge in [0.25, 0.3) is 0 Å². The van der Waals surface area contributed by atoms with Crippen molar-refractivity contribution in [3.05, 3.63) is 60.4 Å². The van der Waals surface area contributed by atoms with E-state index in [0.717, 1.165) is 11.1 Å². The van der Waals surface area contributed by atoms with E-state index in [1.54, 1.807) is 0 Å². The maximum atomic E-state index is 2.96. The molecule has 0 fully saturated rings. The van der Waals surface area contributed by atoms with Gasteiger partial charge in [0.05, 0.1) is 0 Å². The molecule has 0 spiro atoms. The Bertz CT molecular complexity index is 414. The van der Waals surface area contributed by atoms with Crippen molar-refractivity contribution in [2.45, 2.75) is 0 Å². The summed E-state index contributed by atoms with van der Waals surface area (Å²) >= 11 is 0. The average molecular weight is 176 g/mol. The maximum Gasteiger partial charge on any atom is 0.0218 e. The molecule has 0 saturated carbocycles. The van der Waals surface area contributed by atoms with Gasteiger partial charge in [0.15, 0.2) is 0 Å². The number of rotatable bonds is 0. The third kappa shape index (κ3) is 2.28. The van der Waals surface area contributed by atoms with E-state index in [2.05, 4.69) is 23.7 Å². The molecule has 2 radical (unpaired) electrons. The zero-order valence-electron chi connectivity index (χ0n) is 7.62. The highest BCUT2D eigenvalue weighted by Gasteiger charge is 1.91. The number of hydrogen-bond acceptors (Lipinski definition) is 0. The molecule has 0 bridgehead atoms. The normalized spacial score (nSPS) is 16.6. The second kappa shape index (κ2) is 4.35. The lowest BCUT2D eigenvalue weighted by Gasteiger charge is -1.77. The molecule has 0 aromatic heterocycles. The molecule has 0 unspecified atom stereocenters. The third-order valence-electron chi connectivity index (χ3n) is 1.80. The Morgan fingerprint density at radius 2 is 1.21 bits per heavy atom. The molecule has 0 amide bonds. The fourth-order valence-electron chi connectivity index (χ4n) is 1.12. The Morgan fingerprint density at radius 1 is 0.714 bits per heavy atom. The van der Waals surface area contributed by atoms with Gasteiger partial charge in [0.2, 0.25) is 0 Å². The molecule has 0 atom stereocenters. The first-order chi connectivity index (χ1) is 6.95. The minimum atomic E-state index is 1.02. The van der Waals surface area contributed by atoms with Crippen LogP contribution >= 0.6 is 0 Å². The van der Waals surface area contributed by atoms with Crippen LogP contribution in [-0.2, 0) is 0 Å². The van der Waals surface area contributed by atoms with E-state index in [9.17, 15) is 0 Å². The summed E-state index contributed by atoms with van der Waals surface area (Å²) in [7, 11) is 0. The smallest absolute Gasteiger partial charge is 0.0218 e. The molecular weight excluding hydrogens is 168 g/mol. The zero-order chi connectivity index (χ0) is 9.64. The Balaban J connectivity index is 1.98. The molecule has 0 heterocycles. The summed E-state index contributed by atoms with van der Waals surface area (Å²) in [6.07, 6.45) is 15.7. The summed E-state index contributed by atoms with van der Waals surface area (Å²) in [5, 5.41) is 0. The molecule has 64 valence electrons. The van der Waals surface area contributed by atoms with Crippen LogP contribution in [0, 0.1) is 36.5 Å². The topological polar surface area (TPSA) is 0 Å². The summed E-state index contributed by atoms with van der Waals surface area (Å²) < 4.78 is 0. The lowest BCUT2D eigenvalue weighted by atomic mass is 10.3. The van der Waals surface area contributed by atoms with Crippen LogP contribution in [0.2, 0.25) is 0 Å². The van der Waals surface area contributed by atoms with Gasteiger partial charge < -0.3 is 0 Å². The minimum absolute atomic E-state index is 1.02. The first kappa shape index (κ1) is 8.67. The van der Waals surface area contributed by atoms with Gasteiger partial charge in [-0.05, 0) is 11.8 Å². The second-order valence-electron chi connectivity index (χ2n) is 2.85. The highest BCUT2D eigenvalue weighted by atomic mass is 13.9. The fourth-order valence-corrected chi connectivity index (χ4v) is 1.12. The van der Waals surface area contributed by atoms with E-state index in [1.165, 1.54) is 0 Å². The molecule has 0 aliphatic heterocycles. The molecule has 2 aliphatic rings. The van der Waals surface area contributed by atoms with Crippen molar-refractivity contribution in [2.24, 2.45) is 0 Å². The summed E-state index contributed by atoms with van der Waals surface area (Å²) in [6, 6.07) is 0. The second-order valence-corrected chi connectivity index (χ2v) is 2.85. The zero-order valence-corrected chi connectivity index (χ0v) is 7.62. The van der Waals surface area contributed by atoms with Crippen LogP contribution in [0.3, 0.4) is 0 Å². The Hall–Kier alpha value is -1.92. The Kier molecular flexibility index (Phi) is 2.70. The van der Waals surface area contributed by atoms with E-state index >= 15 is 0 Å². The van der Waals surface area contributed by atoms with Crippen molar-refractivity contribution in [3.8, 4) is 23.7 Å². The standard InChI is InChI=1S/C14H8/c1-2-8-13(7-1)11-5-6-12-14-9-3-4-10-14/h1-4,7-10H. The Labute approximate surface area is 84.7 Å². The van der Waals surface area contributed by atoms with Crippen LogP contribution in [-0.4, -0.2) is 0 Å². The SMILES string of the molecule is C(C#CC1=C[CH]C=C1)#CC1=C[CH]C=C1. The summed E-state index contributed by atoms with van der Waals surface area (Å²) in [5.74, 6) is 11.6. The predicted molar refractivity (Wildman–Crippen MR) is 58.6 cm³/mol. The van der Waals surface area contributed by atoms with Crippen LogP contribution in [0.4, 0.5) is 0 Å². The summed E-state index contributed by atoms with van der Waals surface area (Å²) in [6.45, 7) is 0. The van der Waals surface area contributed by atoms with Crippen LogP contribution in [0.5, 0.6) is 0 Å². The maximum absolute atomic E-state index is 2.96. The van der Waals surface area contributed by atoms with Crippen molar-refractivity contribution in [3.63, 3.8) is 0 Å². The van der Waals surface area contributed by atoms with Crippen LogP contribution in [0.25, 0.3) is 0 Å². The van der Waals surface area contributed by atoms with Gasteiger partial charge in [-0.1, -0.05) is 48.3 Å². The Morgan fingerprint density at radius 3 is 1.57 bits per heavy atom. The van der Waals surface area contributed by atoms with Crippen molar-refractivity contribution in [1.29, 1.82) is 0 Å². The summed E-state index contributed by atoms with van der Waals surface area (Å²) in [5.41, 5.74) is 2.03. The van der Waals surface area contributed by atoms with E-state index < -0.39 is 0 Å². The van der Waals surface area contributed by atoms with Gasteiger partial charge in [-0.15, -0.1) is 0 Å². The van der Waals surface area contributed by atoms with Gasteiger partial charge in [-0.25, -0.2) is 0 Å². The monoisotopic (exact) mass is 176 g/mol. The van der Waals surface area contributed by atoms with Gasteiger partial charge in [0, 0.05) is 24.0 Å². The van der Waals surface area contributed by atoms with Gasteiger partial charge in [0.1, 0.15) is 0 Å². The minimum Gasteiger partial charge on any atom is -0.0754 e. The lowest BCUT2D eigenvalue weighted by molar-refractivity contribution is 1.82. The number of hydrogen-bond donors (Lipinski definition) is 0. The third-order valence-corrected chi connectivity index (χ3v) is 1.80. The number of allylic oxidation sites excluding steroid dienone is 8. The van der Waals surface area contributed by atoms with E-state index in [-0.39, 0.29) is 0 Å². The first-order valence-electron chi connectivity index (χ1n) is 4.40. The molecule has 0 aromatic rings. The van der Waals surface area contributed by atoms with Gasteiger partial charge >= 0.3 is 0 Å². The molecular formula is C14H8. The van der Waals surface area contributed by atoms with Crippen LogP contribution < -0.4 is 0 Å². The van der Waals surface area contributed by atoms with Crippen LogP contribution in [0.1, 0.15) is 0 Å². The van der Waals surface area contributed by atoms with Gasteiger partial charge in [-0.3, -0.25) is 0 Å². The molecule has 0 nitrogen and oxygen atoms in total. The van der Waals surface area contributed by atoms with Gasteiger partial charge in [-0.2, -0.15) is 0 Å². The quantitative estimate of drug-likeness (QED) is 0.497. The van der Waals surface area contributed by atoms with Crippen molar-refractivity contribution in [1.82, 2.24) is 0 Å². The van der Waals surface area contributed by atoms with E-state index in [1.807, 2.05) is 49.3 Å². The first-order valence-corrected chi connectivity index (χ1v) is 4.40. The van der Waals surface area contributed by atoms with Crippen molar-refractivity contribution >= 4 is 0 Å². The summed E-state index contributed by atoms with van der Waals surface area (Å²) in [4.78, 5) is 0. The molecule has 0 heteroatoms.